The molecule has 170 valence electrons. The molecule has 0 aliphatic heterocycles. The molecule has 0 aliphatic rings. The molecule has 2 heterocycles. The maximum atomic E-state index is 12.5. The molecule has 0 saturated heterocycles. The van der Waals surface area contributed by atoms with Crippen LogP contribution in [0.25, 0.3) is 11.0 Å². The van der Waals surface area contributed by atoms with Crippen LogP contribution < -0.4 is 20.7 Å². The van der Waals surface area contributed by atoms with Gasteiger partial charge >= 0.3 is 0 Å². The van der Waals surface area contributed by atoms with Crippen molar-refractivity contribution in [1.82, 2.24) is 20.3 Å². The van der Waals surface area contributed by atoms with Crippen molar-refractivity contribution in [2.45, 2.75) is 6.42 Å². The average molecular weight is 463 g/mol. The van der Waals surface area contributed by atoms with E-state index in [4.69, 9.17) is 9.72 Å². The lowest BCUT2D eigenvalue weighted by molar-refractivity contribution is 0.0962. The monoisotopic (exact) mass is 463 g/mol. The number of aromatic amines is 1. The van der Waals surface area contributed by atoms with Crippen molar-refractivity contribution in [3.63, 3.8) is 0 Å². The lowest BCUT2D eigenvalue weighted by Crippen LogP contribution is -2.19. The van der Waals surface area contributed by atoms with Gasteiger partial charge in [-0.25, -0.2) is 4.98 Å². The van der Waals surface area contributed by atoms with Gasteiger partial charge in [0, 0.05) is 35.9 Å². The Kier molecular flexibility index (Phi) is 6.20. The summed E-state index contributed by atoms with van der Waals surface area (Å²) in [5, 5.41) is 7.53. The predicted octanol–water partition coefficient (Wildman–Crippen LogP) is 3.91. The molecule has 0 fully saturated rings. The summed E-state index contributed by atoms with van der Waals surface area (Å²) in [6.07, 6.45) is 2.27. The fourth-order valence-corrected chi connectivity index (χ4v) is 4.51. The summed E-state index contributed by atoms with van der Waals surface area (Å²) in [7, 11) is 0.758. The minimum Gasteiger partial charge on any atom is -0.495 e. The van der Waals surface area contributed by atoms with Crippen LogP contribution in [0.2, 0.25) is 0 Å². The van der Waals surface area contributed by atoms with Gasteiger partial charge in [0.05, 0.1) is 18.5 Å². The van der Waals surface area contributed by atoms with Crippen LogP contribution in [0.5, 0.6) is 5.75 Å². The highest BCUT2D eigenvalue weighted by Gasteiger charge is 2.17. The van der Waals surface area contributed by atoms with E-state index in [1.807, 2.05) is 42.6 Å². The summed E-state index contributed by atoms with van der Waals surface area (Å²) >= 11 is 0. The predicted molar refractivity (Wildman–Crippen MR) is 132 cm³/mol. The molecule has 0 atom stereocenters. The summed E-state index contributed by atoms with van der Waals surface area (Å²) in [5.41, 5.74) is 3.60. The average Bonchev–Trinajstić information content (AvgIpc) is 3.27. The zero-order valence-corrected chi connectivity index (χ0v) is 19.9. The van der Waals surface area contributed by atoms with Crippen LogP contribution in [0.3, 0.4) is 0 Å². The number of aromatic nitrogens is 3. The van der Waals surface area contributed by atoms with E-state index in [1.54, 1.807) is 39.6 Å². The number of nitrogens with zero attached hydrogens (tertiary/aromatic N) is 2. The van der Waals surface area contributed by atoms with E-state index in [0.29, 0.717) is 35.0 Å². The van der Waals surface area contributed by atoms with Gasteiger partial charge in [-0.1, -0.05) is 18.2 Å². The summed E-state index contributed by atoms with van der Waals surface area (Å²) in [6, 6.07) is 14.8. The number of fused-ring (bicyclic) bond motifs is 1. The molecular weight excluding hydrogens is 437 g/mol. The van der Waals surface area contributed by atoms with Crippen molar-refractivity contribution in [1.29, 1.82) is 0 Å². The third-order valence-electron chi connectivity index (χ3n) is 5.39. The second-order valence-electron chi connectivity index (χ2n) is 8.01. The van der Waals surface area contributed by atoms with E-state index < -0.39 is 7.14 Å². The van der Waals surface area contributed by atoms with Crippen LogP contribution in [0, 0.1) is 0 Å². The normalized spacial score (nSPS) is 11.4. The molecule has 9 heteroatoms. The number of H-pyrrole nitrogens is 1. The Morgan fingerprint density at radius 3 is 2.64 bits per heavy atom. The van der Waals surface area contributed by atoms with Crippen molar-refractivity contribution in [2.24, 2.45) is 0 Å². The largest absolute Gasteiger partial charge is 0.495 e. The molecule has 4 rings (SSSR count). The quantitative estimate of drug-likeness (QED) is 0.359. The molecule has 3 N–H and O–H groups in total. The second kappa shape index (κ2) is 9.08. The van der Waals surface area contributed by atoms with Gasteiger partial charge < -0.3 is 24.9 Å². The summed E-state index contributed by atoms with van der Waals surface area (Å²) in [6.45, 7) is 3.44. The molecule has 4 aromatic rings. The van der Waals surface area contributed by atoms with Crippen LogP contribution in [-0.4, -0.2) is 48.3 Å². The number of ether oxygens (including phenoxy) is 1. The molecule has 0 bridgehead atoms. The van der Waals surface area contributed by atoms with Crippen LogP contribution in [0.15, 0.2) is 54.7 Å². The summed E-state index contributed by atoms with van der Waals surface area (Å²) in [4.78, 5) is 24.8. The molecule has 33 heavy (non-hydrogen) atoms. The highest BCUT2D eigenvalue weighted by Crippen LogP contribution is 2.38. The van der Waals surface area contributed by atoms with E-state index in [2.05, 4.69) is 20.6 Å². The van der Waals surface area contributed by atoms with Crippen molar-refractivity contribution in [3.05, 3.63) is 71.5 Å². The molecule has 0 saturated carbocycles. The minimum absolute atomic E-state index is 0.141. The zero-order chi connectivity index (χ0) is 23.6. The number of carbonyl (C=O) groups is 1. The molecule has 0 unspecified atom stereocenters. The standard InChI is InChI=1S/C24H26N5O3P/c1-25-23(30)17-8-6-5-7-15(17)13-20-18-11-12-26-22(18)29-24(28-20)27-19-10-9-16(33(3,4)31)14-21(19)32-2/h5-12,14H,13H2,1-4H3,(H,25,30)(H2,26,27,28,29). The minimum atomic E-state index is -2.42. The van der Waals surface area contributed by atoms with Crippen molar-refractivity contribution in [3.8, 4) is 5.75 Å². The van der Waals surface area contributed by atoms with E-state index in [-0.39, 0.29) is 5.91 Å². The third-order valence-corrected chi connectivity index (χ3v) is 6.92. The smallest absolute Gasteiger partial charge is 0.251 e. The molecule has 1 amide bonds. The highest BCUT2D eigenvalue weighted by atomic mass is 31.2. The van der Waals surface area contributed by atoms with Crippen LogP contribution in [0.4, 0.5) is 11.6 Å². The van der Waals surface area contributed by atoms with E-state index in [9.17, 15) is 9.36 Å². The van der Waals surface area contributed by atoms with E-state index in [1.165, 1.54) is 0 Å². The lowest BCUT2D eigenvalue weighted by Gasteiger charge is -2.15. The van der Waals surface area contributed by atoms with Gasteiger partial charge in [0.25, 0.3) is 5.91 Å². The number of hydrogen-bond donors (Lipinski definition) is 3. The number of benzene rings is 2. The van der Waals surface area contributed by atoms with Crippen molar-refractivity contribution in [2.75, 3.05) is 32.8 Å². The van der Waals surface area contributed by atoms with Crippen LogP contribution >= 0.6 is 7.14 Å². The van der Waals surface area contributed by atoms with Crippen molar-refractivity contribution >= 4 is 41.0 Å². The number of hydrogen-bond acceptors (Lipinski definition) is 6. The number of carbonyl (C=O) groups excluding carboxylic acids is 1. The molecular formula is C24H26N5O3P. The van der Waals surface area contributed by atoms with Crippen LogP contribution in [0.1, 0.15) is 21.6 Å². The number of anilines is 2. The Morgan fingerprint density at radius 2 is 1.91 bits per heavy atom. The SMILES string of the molecule is CNC(=O)c1ccccc1Cc1nc(Nc2ccc(P(C)(C)=O)cc2OC)nc2[nH]ccc12. The number of methoxy groups -OCH3 is 1. The summed E-state index contributed by atoms with van der Waals surface area (Å²) in [5.74, 6) is 0.801. The number of nitrogens with one attached hydrogen (secondary N) is 3. The first-order chi connectivity index (χ1) is 15.8. The molecule has 0 aliphatic carbocycles. The van der Waals surface area contributed by atoms with Crippen molar-refractivity contribution < 1.29 is 14.1 Å². The first-order valence-corrected chi connectivity index (χ1v) is 13.0. The Labute approximate surface area is 192 Å². The topological polar surface area (TPSA) is 109 Å². The van der Waals surface area contributed by atoms with Gasteiger partial charge in [-0.2, -0.15) is 4.98 Å². The van der Waals surface area contributed by atoms with Gasteiger partial charge in [-0.15, -0.1) is 0 Å². The maximum Gasteiger partial charge on any atom is 0.251 e. The third kappa shape index (κ3) is 4.76. The Hall–Kier alpha value is -3.64. The van der Waals surface area contributed by atoms with Gasteiger partial charge in [0.1, 0.15) is 18.5 Å². The molecule has 2 aromatic carbocycles. The first kappa shape index (κ1) is 22.6. The molecule has 0 spiro atoms. The number of rotatable bonds is 7. The highest BCUT2D eigenvalue weighted by molar-refractivity contribution is 7.70. The maximum absolute atomic E-state index is 12.5. The fourth-order valence-electron chi connectivity index (χ4n) is 3.65. The summed E-state index contributed by atoms with van der Waals surface area (Å²) < 4.78 is 18.0. The second-order valence-corrected chi connectivity index (χ2v) is 11.2. The number of amides is 1. The molecule has 0 radical (unpaired) electrons. The molecule has 2 aromatic heterocycles. The first-order valence-electron chi connectivity index (χ1n) is 10.4. The Morgan fingerprint density at radius 1 is 1.12 bits per heavy atom. The zero-order valence-electron chi connectivity index (χ0n) is 19.0. The van der Waals surface area contributed by atoms with Crippen LogP contribution in [-0.2, 0) is 11.0 Å². The lowest BCUT2D eigenvalue weighted by atomic mass is 10.0. The Bertz CT molecular complexity index is 1380. The van der Waals surface area contributed by atoms with E-state index in [0.717, 1.165) is 21.9 Å². The fraction of sp³-hybridized carbons (Fsp3) is 0.208. The van der Waals surface area contributed by atoms with Gasteiger partial charge in [-0.05, 0) is 49.2 Å². The Balaban J connectivity index is 1.73. The molecule has 8 nitrogen and oxygen atoms in total. The van der Waals surface area contributed by atoms with Gasteiger partial charge in [-0.3, -0.25) is 4.79 Å². The van der Waals surface area contributed by atoms with Gasteiger partial charge in [0.15, 0.2) is 0 Å². The van der Waals surface area contributed by atoms with E-state index >= 15 is 0 Å². The van der Waals surface area contributed by atoms with Gasteiger partial charge in [0.2, 0.25) is 5.95 Å².